The van der Waals surface area contributed by atoms with E-state index in [1.165, 1.54) is 17.1 Å². The number of ether oxygens (including phenoxy) is 1. The number of nitrogens with one attached hydrogen (secondary N) is 1. The monoisotopic (exact) mass is 339 g/mol. The number of benzene rings is 1. The average molecular weight is 339 g/mol. The summed E-state index contributed by atoms with van der Waals surface area (Å²) in [5.74, 6) is 0.0215. The van der Waals surface area contributed by atoms with Crippen LogP contribution >= 0.6 is 0 Å². The van der Waals surface area contributed by atoms with Gasteiger partial charge in [-0.2, -0.15) is 18.3 Å². The molecular formula is C16H16F3N3O2. The van der Waals surface area contributed by atoms with Gasteiger partial charge in [-0.25, -0.2) is 4.68 Å². The zero-order valence-corrected chi connectivity index (χ0v) is 12.7. The van der Waals surface area contributed by atoms with E-state index < -0.39 is 12.8 Å². The molecule has 2 unspecified atom stereocenters. The van der Waals surface area contributed by atoms with E-state index in [9.17, 15) is 18.0 Å². The summed E-state index contributed by atoms with van der Waals surface area (Å²) in [4.78, 5) is 12.2. The van der Waals surface area contributed by atoms with Gasteiger partial charge in [0.25, 0.3) is 0 Å². The van der Waals surface area contributed by atoms with Crippen LogP contribution in [0.15, 0.2) is 42.7 Å². The molecule has 1 N–H and O–H groups in total. The van der Waals surface area contributed by atoms with Crippen molar-refractivity contribution in [3.63, 3.8) is 0 Å². The molecular weight excluding hydrogens is 323 g/mol. The highest BCUT2D eigenvalue weighted by Crippen LogP contribution is 2.47. The van der Waals surface area contributed by atoms with Crippen LogP contribution in [-0.4, -0.2) is 28.5 Å². The molecule has 2 aromatic rings. The van der Waals surface area contributed by atoms with Crippen LogP contribution < -0.4 is 5.32 Å². The van der Waals surface area contributed by atoms with Crippen LogP contribution in [0.1, 0.15) is 17.9 Å². The lowest BCUT2D eigenvalue weighted by atomic mass is 10.1. The van der Waals surface area contributed by atoms with Crippen LogP contribution in [0.2, 0.25) is 0 Å². The number of anilines is 1. The molecule has 0 saturated heterocycles. The summed E-state index contributed by atoms with van der Waals surface area (Å²) >= 11 is 0. The minimum atomic E-state index is -4.37. The number of carbonyl (C=O) groups is 1. The number of hydrogen-bond donors (Lipinski definition) is 1. The van der Waals surface area contributed by atoms with Crippen molar-refractivity contribution in [2.45, 2.75) is 25.2 Å². The summed E-state index contributed by atoms with van der Waals surface area (Å²) in [6.45, 7) is -1.67. The number of rotatable bonds is 6. The van der Waals surface area contributed by atoms with Crippen LogP contribution in [0.5, 0.6) is 0 Å². The van der Waals surface area contributed by atoms with Crippen molar-refractivity contribution in [1.29, 1.82) is 0 Å². The van der Waals surface area contributed by atoms with Gasteiger partial charge in [0.2, 0.25) is 5.91 Å². The topological polar surface area (TPSA) is 56.2 Å². The highest BCUT2D eigenvalue weighted by atomic mass is 19.4. The van der Waals surface area contributed by atoms with Crippen LogP contribution in [-0.2, 0) is 16.3 Å². The first-order valence-corrected chi connectivity index (χ1v) is 7.45. The van der Waals surface area contributed by atoms with E-state index in [1.807, 2.05) is 30.3 Å². The molecule has 1 aliphatic rings. The van der Waals surface area contributed by atoms with E-state index in [1.54, 1.807) is 0 Å². The van der Waals surface area contributed by atoms with Gasteiger partial charge in [0.1, 0.15) is 13.3 Å². The summed E-state index contributed by atoms with van der Waals surface area (Å²) < 4.78 is 41.7. The van der Waals surface area contributed by atoms with Gasteiger partial charge in [0, 0.05) is 5.92 Å². The summed E-state index contributed by atoms with van der Waals surface area (Å²) in [7, 11) is 0. The molecule has 1 aromatic heterocycles. The molecule has 128 valence electrons. The predicted octanol–water partition coefficient (Wildman–Crippen LogP) is 3.16. The van der Waals surface area contributed by atoms with Crippen LogP contribution in [0.3, 0.4) is 0 Å². The molecule has 5 nitrogen and oxygen atoms in total. The summed E-state index contributed by atoms with van der Waals surface area (Å²) in [5.41, 5.74) is 1.57. The van der Waals surface area contributed by atoms with E-state index in [2.05, 4.69) is 15.2 Å². The van der Waals surface area contributed by atoms with Gasteiger partial charge in [0.05, 0.1) is 18.1 Å². The predicted molar refractivity (Wildman–Crippen MR) is 80.2 cm³/mol. The Kier molecular flexibility index (Phi) is 4.57. The Morgan fingerprint density at radius 3 is 2.79 bits per heavy atom. The number of halogens is 3. The molecule has 3 rings (SSSR count). The molecule has 2 atom stereocenters. The lowest BCUT2D eigenvalue weighted by Crippen LogP contribution is -2.18. The van der Waals surface area contributed by atoms with Crippen molar-refractivity contribution in [2.24, 2.45) is 5.92 Å². The Morgan fingerprint density at radius 1 is 1.33 bits per heavy atom. The standard InChI is InChI=1S/C16H16F3N3O2/c17-16(18,19)9-24-10-22-8-12(7-20-22)21-15(23)14-6-13(14)11-4-2-1-3-5-11/h1-5,7-8,13-14H,6,9-10H2,(H,21,23). The van der Waals surface area contributed by atoms with Crippen molar-refractivity contribution < 1.29 is 22.7 Å². The molecule has 1 aromatic carbocycles. The van der Waals surface area contributed by atoms with E-state index in [0.29, 0.717) is 5.69 Å². The fourth-order valence-corrected chi connectivity index (χ4v) is 2.54. The van der Waals surface area contributed by atoms with Gasteiger partial charge in [0.15, 0.2) is 0 Å². The zero-order valence-electron chi connectivity index (χ0n) is 12.7. The molecule has 1 amide bonds. The van der Waals surface area contributed by atoms with Crippen LogP contribution in [0.4, 0.5) is 18.9 Å². The fraction of sp³-hybridized carbons (Fsp3) is 0.375. The summed E-state index contributed by atoms with van der Waals surface area (Å²) in [5, 5.41) is 6.59. The first-order valence-electron chi connectivity index (χ1n) is 7.45. The largest absolute Gasteiger partial charge is 0.411 e. The van der Waals surface area contributed by atoms with Gasteiger partial charge < -0.3 is 10.1 Å². The number of amides is 1. The molecule has 24 heavy (non-hydrogen) atoms. The average Bonchev–Trinajstić information content (AvgIpc) is 3.22. The third kappa shape index (κ3) is 4.35. The van der Waals surface area contributed by atoms with Gasteiger partial charge in [-0.3, -0.25) is 4.79 Å². The fourth-order valence-electron chi connectivity index (χ4n) is 2.54. The molecule has 1 fully saturated rings. The van der Waals surface area contributed by atoms with Gasteiger partial charge in [-0.1, -0.05) is 30.3 Å². The van der Waals surface area contributed by atoms with Crippen molar-refractivity contribution in [1.82, 2.24) is 9.78 Å². The Morgan fingerprint density at radius 2 is 2.08 bits per heavy atom. The smallest absolute Gasteiger partial charge is 0.350 e. The lowest BCUT2D eigenvalue weighted by Gasteiger charge is -2.07. The first-order chi connectivity index (χ1) is 11.4. The number of carbonyl (C=O) groups excluding carboxylic acids is 1. The molecule has 0 spiro atoms. The Balaban J connectivity index is 1.48. The highest BCUT2D eigenvalue weighted by molar-refractivity contribution is 5.95. The van der Waals surface area contributed by atoms with E-state index in [0.717, 1.165) is 12.0 Å². The number of aromatic nitrogens is 2. The van der Waals surface area contributed by atoms with Gasteiger partial charge in [-0.15, -0.1) is 0 Å². The maximum absolute atomic E-state index is 12.2. The second-order valence-corrected chi connectivity index (χ2v) is 5.71. The first kappa shape index (κ1) is 16.5. The number of nitrogens with zero attached hydrogens (tertiary/aromatic N) is 2. The zero-order chi connectivity index (χ0) is 17.2. The molecule has 1 saturated carbocycles. The maximum Gasteiger partial charge on any atom is 0.411 e. The number of alkyl halides is 3. The van der Waals surface area contributed by atoms with Crippen molar-refractivity contribution in [2.75, 3.05) is 11.9 Å². The Bertz CT molecular complexity index is 700. The third-order valence-corrected chi connectivity index (χ3v) is 3.74. The van der Waals surface area contributed by atoms with E-state index in [4.69, 9.17) is 0 Å². The SMILES string of the molecule is O=C(Nc1cnn(COCC(F)(F)F)c1)C1CC1c1ccccc1. The van der Waals surface area contributed by atoms with Gasteiger partial charge in [-0.05, 0) is 17.9 Å². The second kappa shape index (κ2) is 6.64. The molecule has 8 heteroatoms. The van der Waals surface area contributed by atoms with Crippen molar-refractivity contribution in [3.05, 3.63) is 48.3 Å². The van der Waals surface area contributed by atoms with Gasteiger partial charge >= 0.3 is 6.18 Å². The second-order valence-electron chi connectivity index (χ2n) is 5.71. The quantitative estimate of drug-likeness (QED) is 0.879. The summed E-state index contributed by atoms with van der Waals surface area (Å²) in [6, 6.07) is 9.79. The number of hydrogen-bond acceptors (Lipinski definition) is 3. The Labute approximate surface area is 136 Å². The highest BCUT2D eigenvalue weighted by Gasteiger charge is 2.43. The van der Waals surface area contributed by atoms with E-state index in [-0.39, 0.29) is 24.5 Å². The molecule has 0 radical (unpaired) electrons. The van der Waals surface area contributed by atoms with Crippen molar-refractivity contribution >= 4 is 11.6 Å². The normalized spacial score (nSPS) is 20.0. The molecule has 0 bridgehead atoms. The molecule has 0 aliphatic heterocycles. The lowest BCUT2D eigenvalue weighted by molar-refractivity contribution is -0.182. The third-order valence-electron chi connectivity index (χ3n) is 3.74. The minimum Gasteiger partial charge on any atom is -0.350 e. The minimum absolute atomic E-state index is 0.0859. The summed E-state index contributed by atoms with van der Waals surface area (Å²) in [6.07, 6.45) is -0.760. The Hall–Kier alpha value is -2.35. The molecule has 1 aliphatic carbocycles. The van der Waals surface area contributed by atoms with Crippen molar-refractivity contribution in [3.8, 4) is 0 Å². The maximum atomic E-state index is 12.2. The molecule has 1 heterocycles. The van der Waals surface area contributed by atoms with Crippen LogP contribution in [0.25, 0.3) is 0 Å². The van der Waals surface area contributed by atoms with Crippen LogP contribution in [0, 0.1) is 5.92 Å². The van der Waals surface area contributed by atoms with E-state index >= 15 is 0 Å².